The Morgan fingerprint density at radius 3 is 2.50 bits per heavy atom. The van der Waals surface area contributed by atoms with Crippen molar-refractivity contribution in [2.24, 2.45) is 29.6 Å². The van der Waals surface area contributed by atoms with E-state index in [1.165, 1.54) is 0 Å². The average molecular weight is 367 g/mol. The summed E-state index contributed by atoms with van der Waals surface area (Å²) in [6.45, 7) is 14.9. The number of carbonyl (C=O) groups is 1. The number of hydrogen-bond acceptors (Lipinski definition) is 4. The molecule has 0 spiro atoms. The zero-order valence-electron chi connectivity index (χ0n) is 17.6. The molecule has 0 radical (unpaired) electrons. The summed E-state index contributed by atoms with van der Waals surface area (Å²) in [5.41, 5.74) is -0.238. The highest BCUT2D eigenvalue weighted by atomic mass is 16.6. The van der Waals surface area contributed by atoms with Crippen molar-refractivity contribution in [1.29, 1.82) is 0 Å². The Balaban J connectivity index is 2.07. The third-order valence-electron chi connectivity index (χ3n) is 6.95. The van der Waals surface area contributed by atoms with Gasteiger partial charge >= 0.3 is 0 Å². The molecule has 2 saturated heterocycles. The lowest BCUT2D eigenvalue weighted by Gasteiger charge is -2.41. The maximum Gasteiger partial charge on any atom is 0.165 e. The van der Waals surface area contributed by atoms with Crippen molar-refractivity contribution in [1.82, 2.24) is 0 Å². The van der Waals surface area contributed by atoms with E-state index in [2.05, 4.69) is 46.8 Å². The van der Waals surface area contributed by atoms with Gasteiger partial charge in [0.2, 0.25) is 0 Å². The van der Waals surface area contributed by atoms with Crippen molar-refractivity contribution in [3.05, 3.63) is 12.2 Å². The number of Topliss-reactive ketones (excluding diaryl/α,β-unsaturated/α-hetero) is 1. The fraction of sp³-hybridized carbons (Fsp3) is 0.864. The summed E-state index contributed by atoms with van der Waals surface area (Å²) >= 11 is 0. The molecule has 0 aromatic heterocycles. The third-order valence-corrected chi connectivity index (χ3v) is 6.95. The second-order valence-corrected chi connectivity index (χ2v) is 8.71. The Morgan fingerprint density at radius 2 is 2.00 bits per heavy atom. The molecule has 150 valence electrons. The van der Waals surface area contributed by atoms with Crippen LogP contribution in [0.15, 0.2) is 12.2 Å². The molecule has 0 aromatic carbocycles. The second-order valence-electron chi connectivity index (χ2n) is 8.71. The molecular weight excluding hydrogens is 328 g/mol. The number of epoxide rings is 1. The number of ether oxygens (including phenoxy) is 2. The van der Waals surface area contributed by atoms with E-state index in [4.69, 9.17) is 9.47 Å². The van der Waals surface area contributed by atoms with Crippen LogP contribution in [0.25, 0.3) is 0 Å². The molecule has 2 rings (SSSR count). The largest absolute Gasteiger partial charge is 0.365 e. The van der Waals surface area contributed by atoms with E-state index in [0.717, 1.165) is 6.42 Å². The van der Waals surface area contributed by atoms with Crippen LogP contribution in [-0.2, 0) is 14.3 Å². The standard InChI is InChI=1S/C22H38O4/c1-8-11-14(4)20-21(7,26-20)16(6)17(9-2)19(23)18-13-25-22(24,10-3)12-15(18)5/h8,11,14-18,20,24H,9-10,12-13H2,1-7H3/b11-8-/t14-,15-,16-,17+,18-,20+,21?,22?/m0/s1. The van der Waals surface area contributed by atoms with Crippen molar-refractivity contribution in [2.75, 3.05) is 6.61 Å². The minimum atomic E-state index is -1.07. The average Bonchev–Trinajstić information content (AvgIpc) is 3.29. The second kappa shape index (κ2) is 8.12. The SMILES string of the molecule is C/C=C\[C@H](C)[C@H]1OC1(C)[C@@H](C)[C@@H](CC)C(=O)[C@H]1COC(O)(CC)C[C@@H]1C. The van der Waals surface area contributed by atoms with E-state index in [-0.39, 0.29) is 41.2 Å². The predicted octanol–water partition coefficient (Wildman–Crippen LogP) is 4.36. The molecule has 2 heterocycles. The zero-order valence-corrected chi connectivity index (χ0v) is 17.6. The molecule has 1 N–H and O–H groups in total. The third kappa shape index (κ3) is 4.07. The molecule has 0 amide bonds. The number of hydrogen-bond donors (Lipinski definition) is 1. The highest BCUT2D eigenvalue weighted by molar-refractivity contribution is 5.84. The van der Waals surface area contributed by atoms with E-state index in [0.29, 0.717) is 25.4 Å². The van der Waals surface area contributed by atoms with E-state index in [9.17, 15) is 9.90 Å². The Labute approximate surface area is 159 Å². The molecule has 0 aromatic rings. The van der Waals surface area contributed by atoms with Crippen LogP contribution in [0.4, 0.5) is 0 Å². The lowest BCUT2D eigenvalue weighted by atomic mass is 9.71. The van der Waals surface area contributed by atoms with Crippen LogP contribution < -0.4 is 0 Å². The number of ketones is 1. The van der Waals surface area contributed by atoms with Crippen LogP contribution in [0, 0.1) is 29.6 Å². The molecule has 0 aliphatic carbocycles. The number of allylic oxidation sites excluding steroid dienone is 1. The van der Waals surface area contributed by atoms with E-state index < -0.39 is 5.79 Å². The van der Waals surface area contributed by atoms with Gasteiger partial charge in [0.15, 0.2) is 5.79 Å². The number of carbonyl (C=O) groups excluding carboxylic acids is 1. The minimum Gasteiger partial charge on any atom is -0.365 e. The molecule has 2 aliphatic rings. The molecule has 0 saturated carbocycles. The predicted molar refractivity (Wildman–Crippen MR) is 104 cm³/mol. The van der Waals surface area contributed by atoms with Crippen LogP contribution in [0.5, 0.6) is 0 Å². The first-order valence-electron chi connectivity index (χ1n) is 10.3. The molecule has 8 atom stereocenters. The summed E-state index contributed by atoms with van der Waals surface area (Å²) in [6, 6.07) is 0. The lowest BCUT2D eigenvalue weighted by molar-refractivity contribution is -0.247. The van der Waals surface area contributed by atoms with Gasteiger partial charge in [0.25, 0.3) is 0 Å². The summed E-state index contributed by atoms with van der Waals surface area (Å²) in [5, 5.41) is 10.4. The van der Waals surface area contributed by atoms with Gasteiger partial charge in [0, 0.05) is 24.2 Å². The van der Waals surface area contributed by atoms with E-state index in [1.807, 2.05) is 13.8 Å². The van der Waals surface area contributed by atoms with Crippen molar-refractivity contribution in [3.63, 3.8) is 0 Å². The number of aliphatic hydroxyl groups is 1. The minimum absolute atomic E-state index is 0.0355. The van der Waals surface area contributed by atoms with Gasteiger partial charge in [0.05, 0.1) is 18.3 Å². The van der Waals surface area contributed by atoms with Crippen LogP contribution in [0.3, 0.4) is 0 Å². The fourth-order valence-corrected chi connectivity index (χ4v) is 4.84. The number of rotatable bonds is 8. The quantitative estimate of drug-likeness (QED) is 0.512. The monoisotopic (exact) mass is 366 g/mol. The fourth-order valence-electron chi connectivity index (χ4n) is 4.84. The molecule has 2 fully saturated rings. The highest BCUT2D eigenvalue weighted by Gasteiger charge is 2.60. The van der Waals surface area contributed by atoms with Gasteiger partial charge in [-0.15, -0.1) is 0 Å². The van der Waals surface area contributed by atoms with Crippen LogP contribution >= 0.6 is 0 Å². The normalized spacial score (nSPS) is 41.0. The Hall–Kier alpha value is -0.710. The highest BCUT2D eigenvalue weighted by Crippen LogP contribution is 2.51. The van der Waals surface area contributed by atoms with Gasteiger partial charge in [-0.2, -0.15) is 0 Å². The molecule has 2 unspecified atom stereocenters. The van der Waals surface area contributed by atoms with Crippen molar-refractivity contribution in [3.8, 4) is 0 Å². The van der Waals surface area contributed by atoms with Gasteiger partial charge in [-0.1, -0.05) is 46.8 Å². The van der Waals surface area contributed by atoms with Crippen LogP contribution in [-0.4, -0.2) is 35.0 Å². The smallest absolute Gasteiger partial charge is 0.165 e. The van der Waals surface area contributed by atoms with Crippen LogP contribution in [0.2, 0.25) is 0 Å². The maximum absolute atomic E-state index is 13.3. The van der Waals surface area contributed by atoms with Gasteiger partial charge < -0.3 is 14.6 Å². The van der Waals surface area contributed by atoms with Crippen molar-refractivity contribution >= 4 is 5.78 Å². The molecule has 2 aliphatic heterocycles. The summed E-state index contributed by atoms with van der Waals surface area (Å²) < 4.78 is 11.8. The first-order valence-corrected chi connectivity index (χ1v) is 10.3. The molecule has 0 bridgehead atoms. The summed E-state index contributed by atoms with van der Waals surface area (Å²) in [4.78, 5) is 13.3. The first-order chi connectivity index (χ1) is 12.1. The molecule has 4 heteroatoms. The van der Waals surface area contributed by atoms with Gasteiger partial charge in [-0.3, -0.25) is 4.79 Å². The molecular formula is C22H38O4. The van der Waals surface area contributed by atoms with E-state index in [1.54, 1.807) is 0 Å². The zero-order chi connectivity index (χ0) is 19.7. The van der Waals surface area contributed by atoms with E-state index >= 15 is 0 Å². The first kappa shape index (κ1) is 21.6. The van der Waals surface area contributed by atoms with Gasteiger partial charge in [0.1, 0.15) is 5.78 Å². The molecule has 26 heavy (non-hydrogen) atoms. The maximum atomic E-state index is 13.3. The summed E-state index contributed by atoms with van der Waals surface area (Å²) in [7, 11) is 0. The van der Waals surface area contributed by atoms with Crippen LogP contribution in [0.1, 0.15) is 67.7 Å². The van der Waals surface area contributed by atoms with Crippen molar-refractivity contribution in [2.45, 2.75) is 85.2 Å². The topological polar surface area (TPSA) is 59.1 Å². The van der Waals surface area contributed by atoms with Gasteiger partial charge in [-0.05, 0) is 38.5 Å². The summed E-state index contributed by atoms with van der Waals surface area (Å²) in [5.74, 6) is -0.307. The Kier molecular flexibility index (Phi) is 6.74. The van der Waals surface area contributed by atoms with Crippen molar-refractivity contribution < 1.29 is 19.4 Å². The lowest BCUT2D eigenvalue weighted by Crippen LogP contribution is -2.48. The Bertz CT molecular complexity index is 530. The summed E-state index contributed by atoms with van der Waals surface area (Å²) in [6.07, 6.45) is 6.32. The Morgan fingerprint density at radius 1 is 1.35 bits per heavy atom. The van der Waals surface area contributed by atoms with Gasteiger partial charge in [-0.25, -0.2) is 0 Å². The molecule has 4 nitrogen and oxygen atoms in total.